The first-order valence-electron chi connectivity index (χ1n) is 6.95. The summed E-state index contributed by atoms with van der Waals surface area (Å²) in [6, 6.07) is 9.48. The van der Waals surface area contributed by atoms with Crippen LogP contribution >= 0.6 is 0 Å². The minimum atomic E-state index is -0.858. The van der Waals surface area contributed by atoms with E-state index < -0.39 is 11.6 Å². The molecule has 1 atom stereocenters. The molecule has 2 aromatic rings. The third kappa shape index (κ3) is 3.54. The van der Waals surface area contributed by atoms with E-state index in [-0.39, 0.29) is 5.92 Å². The summed E-state index contributed by atoms with van der Waals surface area (Å²) in [5.74, 6) is -0.550. The molecule has 1 unspecified atom stereocenters. The maximum atomic E-state index is 13.4. The lowest BCUT2D eigenvalue weighted by molar-refractivity contribution is 0.354. The van der Waals surface area contributed by atoms with Crippen molar-refractivity contribution in [2.75, 3.05) is 20.8 Å². The summed E-state index contributed by atoms with van der Waals surface area (Å²) in [6.45, 7) is 0.333. The first kappa shape index (κ1) is 16.2. The predicted molar refractivity (Wildman–Crippen MR) is 81.4 cm³/mol. The Bertz CT molecular complexity index is 647. The van der Waals surface area contributed by atoms with Gasteiger partial charge in [-0.3, -0.25) is 0 Å². The second-order valence-corrected chi connectivity index (χ2v) is 5.00. The molecule has 0 bridgehead atoms. The molecule has 0 aliphatic heterocycles. The summed E-state index contributed by atoms with van der Waals surface area (Å²) in [4.78, 5) is 0. The molecule has 22 heavy (non-hydrogen) atoms. The van der Waals surface area contributed by atoms with Gasteiger partial charge in [-0.25, -0.2) is 8.78 Å². The van der Waals surface area contributed by atoms with Crippen LogP contribution in [0, 0.1) is 11.6 Å². The largest absolute Gasteiger partial charge is 0.493 e. The molecule has 2 aromatic carbocycles. The second-order valence-electron chi connectivity index (χ2n) is 5.00. The van der Waals surface area contributed by atoms with Crippen molar-refractivity contribution in [1.82, 2.24) is 0 Å². The maximum Gasteiger partial charge on any atom is 0.160 e. The van der Waals surface area contributed by atoms with E-state index in [9.17, 15) is 8.78 Å². The molecule has 0 amide bonds. The Labute approximate surface area is 128 Å². The second kappa shape index (κ2) is 7.22. The first-order chi connectivity index (χ1) is 10.6. The van der Waals surface area contributed by atoms with Gasteiger partial charge in [0, 0.05) is 5.92 Å². The highest BCUT2D eigenvalue weighted by molar-refractivity contribution is 5.43. The van der Waals surface area contributed by atoms with E-state index >= 15 is 0 Å². The lowest BCUT2D eigenvalue weighted by Gasteiger charge is -2.17. The number of rotatable bonds is 6. The fourth-order valence-electron chi connectivity index (χ4n) is 2.40. The van der Waals surface area contributed by atoms with E-state index in [1.165, 1.54) is 6.07 Å². The highest BCUT2D eigenvalue weighted by Crippen LogP contribution is 2.30. The van der Waals surface area contributed by atoms with Crippen molar-refractivity contribution in [3.8, 4) is 11.5 Å². The zero-order valence-corrected chi connectivity index (χ0v) is 12.6. The molecule has 2 rings (SSSR count). The smallest absolute Gasteiger partial charge is 0.160 e. The fourth-order valence-corrected chi connectivity index (χ4v) is 2.40. The van der Waals surface area contributed by atoms with Crippen LogP contribution in [0.1, 0.15) is 17.0 Å². The van der Waals surface area contributed by atoms with Crippen molar-refractivity contribution < 1.29 is 18.3 Å². The Morgan fingerprint density at radius 3 is 2.27 bits per heavy atom. The molecule has 0 aliphatic carbocycles. The molecule has 0 heterocycles. The van der Waals surface area contributed by atoms with Crippen LogP contribution in [0.5, 0.6) is 11.5 Å². The van der Waals surface area contributed by atoms with Crippen molar-refractivity contribution in [1.29, 1.82) is 0 Å². The lowest BCUT2D eigenvalue weighted by Crippen LogP contribution is -2.15. The number of benzene rings is 2. The van der Waals surface area contributed by atoms with Crippen LogP contribution in [0.2, 0.25) is 0 Å². The molecule has 0 saturated carbocycles. The van der Waals surface area contributed by atoms with E-state index in [4.69, 9.17) is 15.2 Å². The quantitative estimate of drug-likeness (QED) is 0.891. The van der Waals surface area contributed by atoms with Crippen LogP contribution in [0.25, 0.3) is 0 Å². The zero-order chi connectivity index (χ0) is 16.1. The zero-order valence-electron chi connectivity index (χ0n) is 12.6. The summed E-state index contributed by atoms with van der Waals surface area (Å²) in [7, 11) is 3.14. The molecule has 0 aromatic heterocycles. The number of hydrogen-bond acceptors (Lipinski definition) is 3. The Morgan fingerprint density at radius 2 is 1.68 bits per heavy atom. The Hall–Kier alpha value is -2.14. The highest BCUT2D eigenvalue weighted by atomic mass is 19.2. The third-order valence-electron chi connectivity index (χ3n) is 3.63. The number of halogens is 2. The van der Waals surface area contributed by atoms with E-state index in [2.05, 4.69) is 0 Å². The topological polar surface area (TPSA) is 44.5 Å². The van der Waals surface area contributed by atoms with Gasteiger partial charge < -0.3 is 15.2 Å². The van der Waals surface area contributed by atoms with Gasteiger partial charge in [0.2, 0.25) is 0 Å². The predicted octanol–water partition coefficient (Wildman–Crippen LogP) is 3.27. The van der Waals surface area contributed by atoms with Crippen LogP contribution in [0.3, 0.4) is 0 Å². The van der Waals surface area contributed by atoms with Crippen LogP contribution in [0.15, 0.2) is 36.4 Å². The lowest BCUT2D eigenvalue weighted by atomic mass is 9.92. The molecule has 0 aliphatic rings. The van der Waals surface area contributed by atoms with E-state index in [0.717, 1.165) is 11.6 Å². The summed E-state index contributed by atoms with van der Waals surface area (Å²) in [5, 5.41) is 0. The average Bonchev–Trinajstić information content (AvgIpc) is 2.55. The molecule has 0 fully saturated rings. The van der Waals surface area contributed by atoms with Crippen LogP contribution < -0.4 is 15.2 Å². The number of hydrogen-bond donors (Lipinski definition) is 1. The highest BCUT2D eigenvalue weighted by Gasteiger charge is 2.14. The van der Waals surface area contributed by atoms with Gasteiger partial charge in [-0.15, -0.1) is 0 Å². The molecular formula is C17H19F2NO2. The van der Waals surface area contributed by atoms with Crippen LogP contribution in [-0.2, 0) is 6.42 Å². The van der Waals surface area contributed by atoms with Crippen molar-refractivity contribution in [3.63, 3.8) is 0 Å². The van der Waals surface area contributed by atoms with Gasteiger partial charge >= 0.3 is 0 Å². The monoisotopic (exact) mass is 307 g/mol. The van der Waals surface area contributed by atoms with Crippen molar-refractivity contribution in [2.45, 2.75) is 12.3 Å². The van der Waals surface area contributed by atoms with Gasteiger partial charge in [-0.05, 0) is 48.4 Å². The normalized spacial score (nSPS) is 12.0. The van der Waals surface area contributed by atoms with Gasteiger partial charge in [0.1, 0.15) is 0 Å². The Balaban J connectivity index is 2.24. The standard InChI is InChI=1S/C17H19F2NO2/c1-21-16-6-3-11(8-17(16)22-2)7-13(10-20)12-4-5-14(18)15(19)9-12/h3-6,8-9,13H,7,10,20H2,1-2H3. The van der Waals surface area contributed by atoms with Crippen molar-refractivity contribution in [2.24, 2.45) is 5.73 Å². The molecule has 0 radical (unpaired) electrons. The van der Waals surface area contributed by atoms with Gasteiger partial charge in [0.05, 0.1) is 14.2 Å². The minimum Gasteiger partial charge on any atom is -0.493 e. The van der Waals surface area contributed by atoms with Gasteiger partial charge in [-0.1, -0.05) is 12.1 Å². The van der Waals surface area contributed by atoms with Crippen LogP contribution in [0.4, 0.5) is 8.78 Å². The third-order valence-corrected chi connectivity index (χ3v) is 3.63. The van der Waals surface area contributed by atoms with Gasteiger partial charge in [0.25, 0.3) is 0 Å². The molecule has 3 nitrogen and oxygen atoms in total. The SMILES string of the molecule is COc1ccc(CC(CN)c2ccc(F)c(F)c2)cc1OC. The summed E-state index contributed by atoms with van der Waals surface area (Å²) in [6.07, 6.45) is 0.599. The summed E-state index contributed by atoms with van der Waals surface area (Å²) in [5.41, 5.74) is 7.46. The number of ether oxygens (including phenoxy) is 2. The molecule has 5 heteroatoms. The Kier molecular flexibility index (Phi) is 5.33. The first-order valence-corrected chi connectivity index (χ1v) is 6.95. The van der Waals surface area contributed by atoms with E-state index in [0.29, 0.717) is 30.0 Å². The summed E-state index contributed by atoms with van der Waals surface area (Å²) >= 11 is 0. The van der Waals surface area contributed by atoms with Crippen molar-refractivity contribution in [3.05, 3.63) is 59.2 Å². The minimum absolute atomic E-state index is 0.104. The van der Waals surface area contributed by atoms with E-state index in [1.807, 2.05) is 18.2 Å². The van der Waals surface area contributed by atoms with Gasteiger partial charge in [0.15, 0.2) is 23.1 Å². The summed E-state index contributed by atoms with van der Waals surface area (Å²) < 4.78 is 36.9. The fraction of sp³-hybridized carbons (Fsp3) is 0.294. The average molecular weight is 307 g/mol. The number of nitrogens with two attached hydrogens (primary N) is 1. The van der Waals surface area contributed by atoms with Crippen molar-refractivity contribution >= 4 is 0 Å². The van der Waals surface area contributed by atoms with E-state index in [1.54, 1.807) is 20.3 Å². The van der Waals surface area contributed by atoms with Gasteiger partial charge in [-0.2, -0.15) is 0 Å². The molecule has 0 spiro atoms. The van der Waals surface area contributed by atoms with Crippen LogP contribution in [-0.4, -0.2) is 20.8 Å². The molecular weight excluding hydrogens is 288 g/mol. The Morgan fingerprint density at radius 1 is 0.955 bits per heavy atom. The molecule has 2 N–H and O–H groups in total. The molecule has 0 saturated heterocycles. The number of methoxy groups -OCH3 is 2. The maximum absolute atomic E-state index is 13.4. The molecule has 118 valence electrons.